The minimum Gasteiger partial charge on any atom is -0.396 e. The average Bonchev–Trinajstić information content (AvgIpc) is 2.19. The summed E-state index contributed by atoms with van der Waals surface area (Å²) in [6, 6.07) is 0. The highest BCUT2D eigenvalue weighted by atomic mass is 16.5. The molecule has 0 heterocycles. The molecule has 0 aliphatic carbocycles. The summed E-state index contributed by atoms with van der Waals surface area (Å²) in [6.07, 6.45) is 0. The summed E-state index contributed by atoms with van der Waals surface area (Å²) in [5.41, 5.74) is 0. The first-order valence-corrected chi connectivity index (χ1v) is 4.29. The SMILES string of the molecule is OCC(CO)COCC(CO)CO. The molecule has 0 saturated carbocycles. The minimum absolute atomic E-state index is 0.126. The number of hydrogen-bond donors (Lipinski definition) is 4. The highest BCUT2D eigenvalue weighted by Gasteiger charge is 2.09. The minimum atomic E-state index is -0.280. The van der Waals surface area contributed by atoms with Crippen molar-refractivity contribution in [3.05, 3.63) is 0 Å². The van der Waals surface area contributed by atoms with Crippen LogP contribution in [0, 0.1) is 11.8 Å². The molecule has 0 aliphatic rings. The molecule has 0 radical (unpaired) electrons. The normalized spacial score (nSPS) is 11.5. The second-order valence-electron chi connectivity index (χ2n) is 3.00. The molecule has 0 amide bonds. The van der Waals surface area contributed by atoms with Gasteiger partial charge in [0.25, 0.3) is 0 Å². The van der Waals surface area contributed by atoms with Crippen LogP contribution in [0.2, 0.25) is 0 Å². The van der Waals surface area contributed by atoms with E-state index in [0.717, 1.165) is 0 Å². The van der Waals surface area contributed by atoms with Crippen LogP contribution in [0.3, 0.4) is 0 Å². The Morgan fingerprint density at radius 3 is 1.23 bits per heavy atom. The molecule has 0 bridgehead atoms. The Kier molecular flexibility index (Phi) is 8.27. The number of hydrogen-bond acceptors (Lipinski definition) is 5. The van der Waals surface area contributed by atoms with Gasteiger partial charge in [-0.25, -0.2) is 0 Å². The summed E-state index contributed by atoms with van der Waals surface area (Å²) in [4.78, 5) is 0. The van der Waals surface area contributed by atoms with E-state index in [-0.39, 0.29) is 51.5 Å². The lowest BCUT2D eigenvalue weighted by atomic mass is 10.2. The summed E-state index contributed by atoms with van der Waals surface area (Å²) >= 11 is 0. The van der Waals surface area contributed by atoms with Crippen molar-refractivity contribution in [2.24, 2.45) is 11.8 Å². The van der Waals surface area contributed by atoms with Crippen LogP contribution in [0.25, 0.3) is 0 Å². The van der Waals surface area contributed by atoms with Crippen molar-refractivity contribution in [2.45, 2.75) is 0 Å². The lowest BCUT2D eigenvalue weighted by Crippen LogP contribution is -2.23. The number of aliphatic hydroxyl groups is 4. The maximum absolute atomic E-state index is 8.67. The Balaban J connectivity index is 3.41. The Morgan fingerprint density at radius 2 is 1.00 bits per heavy atom. The van der Waals surface area contributed by atoms with Gasteiger partial charge in [-0.05, 0) is 0 Å². The van der Waals surface area contributed by atoms with E-state index in [2.05, 4.69) is 0 Å². The van der Waals surface area contributed by atoms with Crippen LogP contribution < -0.4 is 0 Å². The Morgan fingerprint density at radius 1 is 0.692 bits per heavy atom. The van der Waals surface area contributed by atoms with Crippen LogP contribution >= 0.6 is 0 Å². The fraction of sp³-hybridized carbons (Fsp3) is 1.00. The van der Waals surface area contributed by atoms with Gasteiger partial charge in [-0.3, -0.25) is 0 Å². The molecule has 0 rings (SSSR count). The van der Waals surface area contributed by atoms with Crippen molar-refractivity contribution >= 4 is 0 Å². The lowest BCUT2D eigenvalue weighted by molar-refractivity contribution is 0.00654. The van der Waals surface area contributed by atoms with E-state index in [0.29, 0.717) is 0 Å². The molecule has 0 aromatic carbocycles. The van der Waals surface area contributed by atoms with Crippen LogP contribution in [0.1, 0.15) is 0 Å². The van der Waals surface area contributed by atoms with Crippen LogP contribution in [0.15, 0.2) is 0 Å². The first-order chi connectivity index (χ1) is 6.28. The zero-order valence-corrected chi connectivity index (χ0v) is 7.59. The quantitative estimate of drug-likeness (QED) is 0.366. The van der Waals surface area contributed by atoms with E-state index >= 15 is 0 Å². The van der Waals surface area contributed by atoms with Crippen molar-refractivity contribution in [2.75, 3.05) is 39.6 Å². The molecule has 13 heavy (non-hydrogen) atoms. The van der Waals surface area contributed by atoms with Crippen LogP contribution in [-0.2, 0) is 4.74 Å². The van der Waals surface area contributed by atoms with Crippen molar-refractivity contribution in [1.29, 1.82) is 0 Å². The predicted molar refractivity (Wildman–Crippen MR) is 46.1 cm³/mol. The molecular formula is C8H18O5. The second kappa shape index (κ2) is 8.40. The number of ether oxygens (including phenoxy) is 1. The van der Waals surface area contributed by atoms with Crippen LogP contribution in [0.5, 0.6) is 0 Å². The van der Waals surface area contributed by atoms with Gasteiger partial charge in [-0.1, -0.05) is 0 Å². The van der Waals surface area contributed by atoms with Gasteiger partial charge in [-0.15, -0.1) is 0 Å². The van der Waals surface area contributed by atoms with Gasteiger partial charge < -0.3 is 25.2 Å². The topological polar surface area (TPSA) is 90.2 Å². The number of aliphatic hydroxyl groups excluding tert-OH is 4. The molecule has 0 atom stereocenters. The van der Waals surface area contributed by atoms with Crippen molar-refractivity contribution < 1.29 is 25.2 Å². The standard InChI is InChI=1S/C8H18O5/c9-1-7(2-10)5-13-6-8(3-11)4-12/h7-12H,1-6H2. The molecule has 4 N–H and O–H groups in total. The molecule has 5 heteroatoms. The van der Waals surface area contributed by atoms with Gasteiger partial charge in [0.05, 0.1) is 39.6 Å². The summed E-state index contributed by atoms with van der Waals surface area (Å²) in [7, 11) is 0. The maximum Gasteiger partial charge on any atom is 0.0538 e. The largest absolute Gasteiger partial charge is 0.396 e. The molecule has 0 spiro atoms. The molecule has 80 valence electrons. The van der Waals surface area contributed by atoms with Crippen LogP contribution in [0.4, 0.5) is 0 Å². The Hall–Kier alpha value is -0.200. The zero-order chi connectivity index (χ0) is 10.1. The molecule has 0 saturated heterocycles. The van der Waals surface area contributed by atoms with E-state index in [9.17, 15) is 0 Å². The van der Waals surface area contributed by atoms with Crippen molar-refractivity contribution in [3.63, 3.8) is 0 Å². The van der Waals surface area contributed by atoms with E-state index in [1.165, 1.54) is 0 Å². The van der Waals surface area contributed by atoms with Crippen LogP contribution in [-0.4, -0.2) is 60.1 Å². The molecule has 0 aliphatic heterocycles. The predicted octanol–water partition coefficient (Wildman–Crippen LogP) is -1.80. The van der Waals surface area contributed by atoms with Gasteiger partial charge in [0, 0.05) is 11.8 Å². The zero-order valence-electron chi connectivity index (χ0n) is 7.59. The summed E-state index contributed by atoms with van der Waals surface area (Å²) in [5, 5.41) is 34.7. The van der Waals surface area contributed by atoms with E-state index in [1.807, 2.05) is 0 Å². The van der Waals surface area contributed by atoms with Gasteiger partial charge in [0.15, 0.2) is 0 Å². The lowest BCUT2D eigenvalue weighted by Gasteiger charge is -2.14. The fourth-order valence-electron chi connectivity index (χ4n) is 0.728. The summed E-state index contributed by atoms with van der Waals surface area (Å²) in [6.45, 7) is -0.0231. The van der Waals surface area contributed by atoms with E-state index < -0.39 is 0 Å². The monoisotopic (exact) mass is 194 g/mol. The van der Waals surface area contributed by atoms with Crippen molar-refractivity contribution in [1.82, 2.24) is 0 Å². The molecule has 0 fully saturated rings. The van der Waals surface area contributed by atoms with Gasteiger partial charge >= 0.3 is 0 Å². The molecule has 0 unspecified atom stereocenters. The molecular weight excluding hydrogens is 176 g/mol. The molecule has 0 aromatic heterocycles. The van der Waals surface area contributed by atoms with Crippen molar-refractivity contribution in [3.8, 4) is 0 Å². The highest BCUT2D eigenvalue weighted by Crippen LogP contribution is 1.99. The summed E-state index contributed by atoms with van der Waals surface area (Å²) in [5.74, 6) is -0.559. The Labute approximate surface area is 77.6 Å². The third-order valence-electron chi connectivity index (χ3n) is 1.74. The first kappa shape index (κ1) is 12.8. The second-order valence-corrected chi connectivity index (χ2v) is 3.00. The van der Waals surface area contributed by atoms with E-state index in [4.69, 9.17) is 25.2 Å². The highest BCUT2D eigenvalue weighted by molar-refractivity contribution is 4.56. The average molecular weight is 194 g/mol. The smallest absolute Gasteiger partial charge is 0.0538 e. The number of rotatable bonds is 8. The van der Waals surface area contributed by atoms with E-state index in [1.54, 1.807) is 0 Å². The molecule has 5 nitrogen and oxygen atoms in total. The summed E-state index contributed by atoms with van der Waals surface area (Å²) < 4.78 is 5.08. The molecule has 0 aromatic rings. The third kappa shape index (κ3) is 5.95. The van der Waals surface area contributed by atoms with Gasteiger partial charge in [0.1, 0.15) is 0 Å². The first-order valence-electron chi connectivity index (χ1n) is 4.29. The van der Waals surface area contributed by atoms with Gasteiger partial charge in [-0.2, -0.15) is 0 Å². The fourth-order valence-corrected chi connectivity index (χ4v) is 0.728. The Bertz CT molecular complexity index is 88.7. The van der Waals surface area contributed by atoms with Gasteiger partial charge in [0.2, 0.25) is 0 Å². The third-order valence-corrected chi connectivity index (χ3v) is 1.74. The maximum atomic E-state index is 8.67.